The van der Waals surface area contributed by atoms with E-state index in [1.807, 2.05) is 35.2 Å². The zero-order chi connectivity index (χ0) is 16.2. The minimum absolute atomic E-state index is 0. The molecule has 25 heavy (non-hydrogen) atoms. The number of hydrogen-bond donors (Lipinski definition) is 1. The molecule has 1 saturated heterocycles. The molecule has 2 aromatic rings. The highest BCUT2D eigenvalue weighted by Gasteiger charge is 2.24. The number of rotatable bonds is 4. The smallest absolute Gasteiger partial charge is 0.239 e. The van der Waals surface area contributed by atoms with Crippen molar-refractivity contribution in [2.45, 2.75) is 19.5 Å². The highest BCUT2D eigenvalue weighted by molar-refractivity contribution is 5.85. The van der Waals surface area contributed by atoms with Gasteiger partial charge >= 0.3 is 0 Å². The van der Waals surface area contributed by atoms with E-state index in [4.69, 9.17) is 5.73 Å². The molecule has 0 spiro atoms. The second-order valence-corrected chi connectivity index (χ2v) is 5.73. The summed E-state index contributed by atoms with van der Waals surface area (Å²) in [6, 6.07) is 9.38. The SMILES string of the molecule is C[C@@H](N)C(=O)N1CCN(Cc2nnnn2-c2ccccc2)CC1.Cl.Cl. The van der Waals surface area contributed by atoms with Crippen molar-refractivity contribution in [2.24, 2.45) is 5.73 Å². The molecule has 0 bridgehead atoms. The van der Waals surface area contributed by atoms with Gasteiger partial charge in [0.25, 0.3) is 0 Å². The molecule has 1 atom stereocenters. The molecule has 1 aromatic heterocycles. The second-order valence-electron chi connectivity index (χ2n) is 5.73. The first-order valence-corrected chi connectivity index (χ1v) is 7.74. The van der Waals surface area contributed by atoms with Gasteiger partial charge in [0, 0.05) is 26.2 Å². The average molecular weight is 388 g/mol. The molecule has 1 amide bonds. The van der Waals surface area contributed by atoms with Crippen molar-refractivity contribution in [1.29, 1.82) is 0 Å². The Morgan fingerprint density at radius 2 is 1.80 bits per heavy atom. The standard InChI is InChI=1S/C15H21N7O.2ClH/c1-12(16)15(23)21-9-7-20(8-10-21)11-14-17-18-19-22(14)13-5-3-2-4-6-13;;/h2-6,12H,7-11,16H2,1H3;2*1H/t12-;;/m1../s1. The van der Waals surface area contributed by atoms with E-state index in [1.165, 1.54) is 0 Å². The van der Waals surface area contributed by atoms with Crippen LogP contribution < -0.4 is 5.73 Å². The summed E-state index contributed by atoms with van der Waals surface area (Å²) in [6.07, 6.45) is 0. The fraction of sp³-hybridized carbons (Fsp3) is 0.467. The van der Waals surface area contributed by atoms with Crippen molar-refractivity contribution in [2.75, 3.05) is 26.2 Å². The fourth-order valence-electron chi connectivity index (χ4n) is 2.69. The topological polar surface area (TPSA) is 93.2 Å². The third kappa shape index (κ3) is 5.12. The number of benzene rings is 1. The zero-order valence-corrected chi connectivity index (χ0v) is 15.6. The quantitative estimate of drug-likeness (QED) is 0.820. The van der Waals surface area contributed by atoms with Gasteiger partial charge in [-0.3, -0.25) is 9.69 Å². The van der Waals surface area contributed by atoms with Gasteiger partial charge in [-0.25, -0.2) is 0 Å². The van der Waals surface area contributed by atoms with Crippen LogP contribution in [0.5, 0.6) is 0 Å². The molecule has 1 aliphatic heterocycles. The van der Waals surface area contributed by atoms with Crippen LogP contribution >= 0.6 is 24.8 Å². The number of tetrazole rings is 1. The van der Waals surface area contributed by atoms with Crippen LogP contribution in [0.4, 0.5) is 0 Å². The number of carbonyl (C=O) groups excluding carboxylic acids is 1. The largest absolute Gasteiger partial charge is 0.339 e. The molecule has 2 N–H and O–H groups in total. The maximum absolute atomic E-state index is 11.9. The Labute approximate surface area is 159 Å². The number of piperazine rings is 1. The summed E-state index contributed by atoms with van der Waals surface area (Å²) in [5.74, 6) is 0.807. The highest BCUT2D eigenvalue weighted by Crippen LogP contribution is 2.11. The number of amides is 1. The molecule has 0 aliphatic carbocycles. The summed E-state index contributed by atoms with van der Waals surface area (Å²) in [6.45, 7) is 5.34. The fourth-order valence-corrected chi connectivity index (χ4v) is 2.69. The van der Waals surface area contributed by atoms with Crippen molar-refractivity contribution in [3.8, 4) is 5.69 Å². The van der Waals surface area contributed by atoms with Gasteiger partial charge in [-0.15, -0.1) is 29.9 Å². The molecule has 8 nitrogen and oxygen atoms in total. The van der Waals surface area contributed by atoms with Crippen molar-refractivity contribution in [1.82, 2.24) is 30.0 Å². The monoisotopic (exact) mass is 387 g/mol. The molecule has 10 heteroatoms. The Bertz CT molecular complexity index is 657. The Morgan fingerprint density at radius 1 is 1.16 bits per heavy atom. The lowest BCUT2D eigenvalue weighted by molar-refractivity contribution is -0.134. The number of para-hydroxylation sites is 1. The summed E-state index contributed by atoms with van der Waals surface area (Å²) in [7, 11) is 0. The number of nitrogens with two attached hydrogens (primary N) is 1. The van der Waals surface area contributed by atoms with E-state index in [-0.39, 0.29) is 30.7 Å². The van der Waals surface area contributed by atoms with Crippen LogP contribution in [0.3, 0.4) is 0 Å². The predicted molar refractivity (Wildman–Crippen MR) is 99.2 cm³/mol. The van der Waals surface area contributed by atoms with E-state index in [2.05, 4.69) is 20.4 Å². The van der Waals surface area contributed by atoms with Gasteiger partial charge in [-0.05, 0) is 29.5 Å². The van der Waals surface area contributed by atoms with E-state index < -0.39 is 6.04 Å². The number of aromatic nitrogens is 4. The van der Waals surface area contributed by atoms with E-state index in [0.29, 0.717) is 19.6 Å². The van der Waals surface area contributed by atoms with Gasteiger partial charge in [0.05, 0.1) is 18.3 Å². The van der Waals surface area contributed by atoms with Crippen LogP contribution in [0.1, 0.15) is 12.7 Å². The maximum atomic E-state index is 11.9. The van der Waals surface area contributed by atoms with E-state index in [1.54, 1.807) is 11.6 Å². The Balaban J connectivity index is 0.00000156. The van der Waals surface area contributed by atoms with Gasteiger partial charge in [-0.2, -0.15) is 4.68 Å². The summed E-state index contributed by atoms with van der Waals surface area (Å²) >= 11 is 0. The molecule has 1 aliphatic rings. The third-order valence-corrected chi connectivity index (χ3v) is 3.97. The number of carbonyl (C=O) groups is 1. The lowest BCUT2D eigenvalue weighted by Crippen LogP contribution is -2.52. The molecule has 138 valence electrons. The van der Waals surface area contributed by atoms with Crippen LogP contribution in [0, 0.1) is 0 Å². The van der Waals surface area contributed by atoms with Crippen molar-refractivity contribution in [3.05, 3.63) is 36.2 Å². The predicted octanol–water partition coefficient (Wildman–Crippen LogP) is 0.497. The van der Waals surface area contributed by atoms with Crippen molar-refractivity contribution >= 4 is 30.7 Å². The van der Waals surface area contributed by atoms with Crippen LogP contribution in [-0.4, -0.2) is 68.1 Å². The molecule has 1 aromatic carbocycles. The molecule has 2 heterocycles. The van der Waals surface area contributed by atoms with Crippen LogP contribution in [0.2, 0.25) is 0 Å². The normalized spacial score (nSPS) is 15.8. The zero-order valence-electron chi connectivity index (χ0n) is 14.0. The maximum Gasteiger partial charge on any atom is 0.239 e. The van der Waals surface area contributed by atoms with Gasteiger partial charge in [-0.1, -0.05) is 18.2 Å². The first kappa shape index (κ1) is 21.3. The number of halogens is 2. The molecular weight excluding hydrogens is 365 g/mol. The van der Waals surface area contributed by atoms with Crippen molar-refractivity contribution < 1.29 is 4.79 Å². The average Bonchev–Trinajstić information content (AvgIpc) is 3.04. The lowest BCUT2D eigenvalue weighted by atomic mass is 10.2. The molecular formula is C15H23Cl2N7O. The third-order valence-electron chi connectivity index (χ3n) is 3.97. The molecule has 1 fully saturated rings. The van der Waals surface area contributed by atoms with Crippen LogP contribution in [-0.2, 0) is 11.3 Å². The first-order chi connectivity index (χ1) is 11.1. The Kier molecular flexibility index (Phi) is 8.24. The summed E-state index contributed by atoms with van der Waals surface area (Å²) in [5, 5.41) is 12.0. The molecule has 0 unspecified atom stereocenters. The molecule has 0 radical (unpaired) electrons. The van der Waals surface area contributed by atoms with Gasteiger partial charge < -0.3 is 10.6 Å². The van der Waals surface area contributed by atoms with Gasteiger partial charge in [0.2, 0.25) is 5.91 Å². The van der Waals surface area contributed by atoms with Crippen molar-refractivity contribution in [3.63, 3.8) is 0 Å². The molecule has 3 rings (SSSR count). The lowest BCUT2D eigenvalue weighted by Gasteiger charge is -2.35. The van der Waals surface area contributed by atoms with E-state index in [0.717, 1.165) is 24.6 Å². The van der Waals surface area contributed by atoms with Gasteiger partial charge in [0.15, 0.2) is 5.82 Å². The Hall–Kier alpha value is -1.74. The van der Waals surface area contributed by atoms with E-state index >= 15 is 0 Å². The minimum atomic E-state index is -0.438. The second kappa shape index (κ2) is 9.67. The Morgan fingerprint density at radius 3 is 2.40 bits per heavy atom. The number of nitrogens with zero attached hydrogens (tertiary/aromatic N) is 6. The summed E-state index contributed by atoms with van der Waals surface area (Å²) in [4.78, 5) is 16.0. The summed E-state index contributed by atoms with van der Waals surface area (Å²) < 4.78 is 1.75. The highest BCUT2D eigenvalue weighted by atomic mass is 35.5. The number of hydrogen-bond acceptors (Lipinski definition) is 6. The van der Waals surface area contributed by atoms with Gasteiger partial charge in [0.1, 0.15) is 0 Å². The summed E-state index contributed by atoms with van der Waals surface area (Å²) in [5.41, 5.74) is 6.60. The molecule has 0 saturated carbocycles. The minimum Gasteiger partial charge on any atom is -0.339 e. The van der Waals surface area contributed by atoms with Crippen LogP contribution in [0.25, 0.3) is 5.69 Å². The van der Waals surface area contributed by atoms with Crippen LogP contribution in [0.15, 0.2) is 30.3 Å². The first-order valence-electron chi connectivity index (χ1n) is 7.74. The van der Waals surface area contributed by atoms with E-state index in [9.17, 15) is 4.79 Å².